The summed E-state index contributed by atoms with van der Waals surface area (Å²) in [6.07, 6.45) is 1.62. The molecule has 0 aliphatic heterocycles. The van der Waals surface area contributed by atoms with E-state index in [1.54, 1.807) is 36.4 Å². The van der Waals surface area contributed by atoms with Crippen molar-refractivity contribution >= 4 is 34.7 Å². The second-order valence-electron chi connectivity index (χ2n) is 6.17. The van der Waals surface area contributed by atoms with E-state index in [1.165, 1.54) is 25.3 Å². The average molecular weight is 378 g/mol. The van der Waals surface area contributed by atoms with E-state index in [4.69, 9.17) is 0 Å². The lowest BCUT2D eigenvalue weighted by Crippen LogP contribution is -2.14. The quantitative estimate of drug-likeness (QED) is 0.603. The van der Waals surface area contributed by atoms with Crippen molar-refractivity contribution in [3.8, 4) is 0 Å². The first kappa shape index (κ1) is 19.0. The molecule has 0 aliphatic rings. The minimum Gasteiger partial charge on any atom is -0.340 e. The third-order valence-corrected chi connectivity index (χ3v) is 3.78. The zero-order chi connectivity index (χ0) is 19.9. The van der Waals surface area contributed by atoms with Crippen LogP contribution < -0.4 is 16.0 Å². The number of nitrogens with zero attached hydrogens (tertiary/aromatic N) is 1. The van der Waals surface area contributed by atoms with Crippen LogP contribution >= 0.6 is 0 Å². The second-order valence-corrected chi connectivity index (χ2v) is 6.17. The number of benzene rings is 2. The van der Waals surface area contributed by atoms with Gasteiger partial charge in [0.15, 0.2) is 0 Å². The smallest absolute Gasteiger partial charge is 0.228 e. The molecule has 0 atom stereocenters. The van der Waals surface area contributed by atoms with Gasteiger partial charge in [-0.25, -0.2) is 9.37 Å². The normalized spacial score (nSPS) is 10.2. The topological polar surface area (TPSA) is 83.1 Å². The fraction of sp³-hybridized carbons (Fsp3) is 0.0952. The maximum atomic E-state index is 13.2. The van der Waals surface area contributed by atoms with Crippen LogP contribution in [0.5, 0.6) is 0 Å². The zero-order valence-electron chi connectivity index (χ0n) is 15.2. The Bertz CT molecular complexity index is 972. The maximum absolute atomic E-state index is 13.2. The number of carbonyl (C=O) groups excluding carboxylic acids is 2. The molecule has 7 heteroatoms. The highest BCUT2D eigenvalue weighted by Gasteiger charge is 2.06. The summed E-state index contributed by atoms with van der Waals surface area (Å²) in [5, 5.41) is 8.57. The highest BCUT2D eigenvalue weighted by Crippen LogP contribution is 2.19. The molecule has 2 aromatic carbocycles. The van der Waals surface area contributed by atoms with E-state index in [9.17, 15) is 14.0 Å². The number of anilines is 4. The van der Waals surface area contributed by atoms with Gasteiger partial charge in [0.25, 0.3) is 0 Å². The van der Waals surface area contributed by atoms with Gasteiger partial charge in [0, 0.05) is 18.3 Å². The molecule has 3 aromatic rings. The van der Waals surface area contributed by atoms with Gasteiger partial charge in [-0.1, -0.05) is 12.1 Å². The number of hydrogen-bond acceptors (Lipinski definition) is 4. The molecule has 0 saturated carbocycles. The molecular formula is C21H19FN4O2. The lowest BCUT2D eigenvalue weighted by molar-refractivity contribution is -0.116. The Morgan fingerprint density at radius 2 is 1.64 bits per heavy atom. The minimum atomic E-state index is -0.368. The van der Waals surface area contributed by atoms with E-state index >= 15 is 0 Å². The van der Waals surface area contributed by atoms with Crippen molar-refractivity contribution in [1.29, 1.82) is 0 Å². The van der Waals surface area contributed by atoms with Crippen molar-refractivity contribution < 1.29 is 14.0 Å². The van der Waals surface area contributed by atoms with E-state index in [0.29, 0.717) is 22.8 Å². The number of hydrogen-bond donors (Lipinski definition) is 3. The second kappa shape index (κ2) is 8.77. The maximum Gasteiger partial charge on any atom is 0.228 e. The van der Waals surface area contributed by atoms with Crippen LogP contribution in [-0.2, 0) is 16.0 Å². The van der Waals surface area contributed by atoms with Crippen molar-refractivity contribution in [1.82, 2.24) is 4.98 Å². The van der Waals surface area contributed by atoms with Crippen molar-refractivity contribution in [3.05, 3.63) is 78.2 Å². The summed E-state index contributed by atoms with van der Waals surface area (Å²) in [5.74, 6) is -0.137. The van der Waals surface area contributed by atoms with Crippen molar-refractivity contribution in [3.63, 3.8) is 0 Å². The van der Waals surface area contributed by atoms with Crippen LogP contribution in [0.2, 0.25) is 0 Å². The number of amides is 2. The third kappa shape index (κ3) is 5.63. The Morgan fingerprint density at radius 1 is 0.929 bits per heavy atom. The fourth-order valence-corrected chi connectivity index (χ4v) is 2.57. The average Bonchev–Trinajstić information content (AvgIpc) is 2.64. The minimum absolute atomic E-state index is 0.0818. The summed E-state index contributed by atoms with van der Waals surface area (Å²) in [6, 6.07) is 16.6. The first-order valence-electron chi connectivity index (χ1n) is 8.63. The number of halogens is 1. The molecule has 2 amide bonds. The van der Waals surface area contributed by atoms with Crippen LogP contribution in [0.3, 0.4) is 0 Å². The molecule has 3 rings (SSSR count). The Morgan fingerprint density at radius 3 is 2.29 bits per heavy atom. The van der Waals surface area contributed by atoms with Crippen molar-refractivity contribution in [2.24, 2.45) is 0 Å². The van der Waals surface area contributed by atoms with Gasteiger partial charge < -0.3 is 16.0 Å². The lowest BCUT2D eigenvalue weighted by Gasteiger charge is -2.09. The molecule has 0 radical (unpaired) electrons. The highest BCUT2D eigenvalue weighted by atomic mass is 19.1. The predicted molar refractivity (Wildman–Crippen MR) is 107 cm³/mol. The van der Waals surface area contributed by atoms with Crippen molar-refractivity contribution in [2.75, 3.05) is 16.0 Å². The van der Waals surface area contributed by atoms with E-state index < -0.39 is 0 Å². The van der Waals surface area contributed by atoms with Gasteiger partial charge in [0.05, 0.1) is 18.3 Å². The van der Waals surface area contributed by atoms with Crippen LogP contribution in [-0.4, -0.2) is 16.8 Å². The molecule has 142 valence electrons. The molecule has 28 heavy (non-hydrogen) atoms. The first-order chi connectivity index (χ1) is 13.5. The molecule has 6 nitrogen and oxygen atoms in total. The molecule has 0 aliphatic carbocycles. The van der Waals surface area contributed by atoms with E-state index in [2.05, 4.69) is 20.9 Å². The van der Waals surface area contributed by atoms with Gasteiger partial charge in [-0.3, -0.25) is 9.59 Å². The van der Waals surface area contributed by atoms with E-state index in [0.717, 1.165) is 5.69 Å². The zero-order valence-corrected chi connectivity index (χ0v) is 15.2. The van der Waals surface area contributed by atoms with Crippen LogP contribution in [0, 0.1) is 5.82 Å². The number of nitrogens with one attached hydrogen (secondary N) is 3. The Labute approximate surface area is 161 Å². The summed E-state index contributed by atoms with van der Waals surface area (Å²) < 4.78 is 13.2. The Hall–Kier alpha value is -3.74. The number of carbonyl (C=O) groups is 2. The van der Waals surface area contributed by atoms with E-state index in [1.807, 2.05) is 12.1 Å². The largest absolute Gasteiger partial charge is 0.340 e. The summed E-state index contributed by atoms with van der Waals surface area (Å²) >= 11 is 0. The molecule has 1 aromatic heterocycles. The molecule has 3 N–H and O–H groups in total. The summed E-state index contributed by atoms with van der Waals surface area (Å²) in [5.41, 5.74) is 2.67. The van der Waals surface area contributed by atoms with Crippen LogP contribution in [0.1, 0.15) is 12.5 Å². The van der Waals surface area contributed by atoms with Gasteiger partial charge in [-0.15, -0.1) is 0 Å². The summed E-state index contributed by atoms with van der Waals surface area (Å²) in [7, 11) is 0. The number of pyridine rings is 1. The van der Waals surface area contributed by atoms with E-state index in [-0.39, 0.29) is 24.1 Å². The van der Waals surface area contributed by atoms with Crippen molar-refractivity contribution in [2.45, 2.75) is 13.3 Å². The summed E-state index contributed by atoms with van der Waals surface area (Å²) in [4.78, 5) is 27.4. The number of aromatic nitrogens is 1. The molecule has 0 fully saturated rings. The predicted octanol–water partition coefficient (Wildman–Crippen LogP) is 4.10. The molecule has 0 bridgehead atoms. The fourth-order valence-electron chi connectivity index (χ4n) is 2.57. The molecule has 0 unspecified atom stereocenters. The van der Waals surface area contributed by atoms with Gasteiger partial charge >= 0.3 is 0 Å². The van der Waals surface area contributed by atoms with Gasteiger partial charge in [-0.2, -0.15) is 0 Å². The molecular weight excluding hydrogens is 359 g/mol. The standard InChI is InChI=1S/C21H19FN4O2/c1-14(27)24-17-5-7-18(8-6-17)25-20-10-9-19(13-23-20)26-21(28)12-15-3-2-4-16(22)11-15/h2-11,13H,12H2,1H3,(H,23,25)(H,24,27)(H,26,28). The Kier molecular flexibility index (Phi) is 5.96. The molecule has 1 heterocycles. The third-order valence-electron chi connectivity index (χ3n) is 3.78. The first-order valence-corrected chi connectivity index (χ1v) is 8.63. The Balaban J connectivity index is 1.55. The van der Waals surface area contributed by atoms with Crippen LogP contribution in [0.15, 0.2) is 66.9 Å². The monoisotopic (exact) mass is 378 g/mol. The van der Waals surface area contributed by atoms with Gasteiger partial charge in [0.1, 0.15) is 11.6 Å². The SMILES string of the molecule is CC(=O)Nc1ccc(Nc2ccc(NC(=O)Cc3cccc(F)c3)cn2)cc1. The number of rotatable bonds is 6. The van der Waals surface area contributed by atoms with Crippen LogP contribution in [0.25, 0.3) is 0 Å². The van der Waals surface area contributed by atoms with Gasteiger partial charge in [-0.05, 0) is 54.1 Å². The summed E-state index contributed by atoms with van der Waals surface area (Å²) in [6.45, 7) is 1.45. The highest BCUT2D eigenvalue weighted by molar-refractivity contribution is 5.92. The lowest BCUT2D eigenvalue weighted by atomic mass is 10.1. The van der Waals surface area contributed by atoms with Crippen LogP contribution in [0.4, 0.5) is 27.3 Å². The van der Waals surface area contributed by atoms with Gasteiger partial charge in [0.2, 0.25) is 11.8 Å². The molecule has 0 spiro atoms. The molecule has 0 saturated heterocycles.